The molecule has 0 unspecified atom stereocenters. The summed E-state index contributed by atoms with van der Waals surface area (Å²) in [5.41, 5.74) is -0.858. The summed E-state index contributed by atoms with van der Waals surface area (Å²) in [6.45, 7) is 2.16. The first-order chi connectivity index (χ1) is 12.2. The van der Waals surface area contributed by atoms with E-state index in [1.165, 1.54) is 4.57 Å². The molecule has 8 nitrogen and oxygen atoms in total. The number of aliphatic imine (C=N–C) groups is 1. The van der Waals surface area contributed by atoms with Gasteiger partial charge < -0.3 is 9.72 Å². The number of fused-ring (bicyclic) bond motifs is 1. The van der Waals surface area contributed by atoms with Gasteiger partial charge in [0.05, 0.1) is 18.6 Å². The Bertz CT molecular complexity index is 1110. The number of ether oxygens (including phenoxy) is 1. The molecule has 0 aliphatic rings. The molecule has 0 bridgehead atoms. The Hall–Kier alpha value is -3.73. The van der Waals surface area contributed by atoms with Crippen LogP contribution in [-0.4, -0.2) is 27.5 Å². The Balaban J connectivity index is 2.53. The van der Waals surface area contributed by atoms with E-state index in [1.807, 2.05) is 6.07 Å². The lowest BCUT2D eigenvalue weighted by Crippen LogP contribution is -2.24. The van der Waals surface area contributed by atoms with Gasteiger partial charge in [-0.2, -0.15) is 5.26 Å². The lowest BCUT2D eigenvalue weighted by atomic mass is 10.1. The standard InChI is InChI=1S/C17H13N5O3/c1-2-25-10-21-15-13-14(19-9-20-16(13)23)12(8-18)17(24)22(15)11-6-4-3-5-7-11/h3-7,9-10H,2H2,1H3,(H,19,20,23)/b21-10+. The minimum atomic E-state index is -0.608. The normalized spacial score (nSPS) is 10.9. The lowest BCUT2D eigenvalue weighted by molar-refractivity contribution is 0.344. The highest BCUT2D eigenvalue weighted by Gasteiger charge is 2.20. The number of aromatic nitrogens is 3. The van der Waals surface area contributed by atoms with Gasteiger partial charge in [-0.05, 0) is 19.1 Å². The van der Waals surface area contributed by atoms with Crippen LogP contribution < -0.4 is 11.1 Å². The fraction of sp³-hybridized carbons (Fsp3) is 0.118. The number of rotatable bonds is 4. The maximum atomic E-state index is 12.9. The Morgan fingerprint density at radius 3 is 2.80 bits per heavy atom. The number of hydrogen-bond acceptors (Lipinski definition) is 6. The molecule has 0 aliphatic carbocycles. The zero-order valence-corrected chi connectivity index (χ0v) is 13.3. The molecule has 2 heterocycles. The molecule has 0 amide bonds. The molecule has 0 saturated heterocycles. The molecular formula is C17H13N5O3. The van der Waals surface area contributed by atoms with E-state index in [2.05, 4.69) is 15.0 Å². The molecule has 0 spiro atoms. The third-order valence-electron chi connectivity index (χ3n) is 3.48. The van der Waals surface area contributed by atoms with Gasteiger partial charge in [-0.3, -0.25) is 14.2 Å². The molecule has 2 aromatic heterocycles. The molecule has 3 rings (SSSR count). The second kappa shape index (κ2) is 6.80. The second-order valence-electron chi connectivity index (χ2n) is 4.93. The predicted octanol–water partition coefficient (Wildman–Crippen LogP) is 1.64. The van der Waals surface area contributed by atoms with Crippen molar-refractivity contribution in [3.8, 4) is 11.8 Å². The molecule has 0 fully saturated rings. The third kappa shape index (κ3) is 2.79. The highest BCUT2D eigenvalue weighted by molar-refractivity contribution is 5.92. The van der Waals surface area contributed by atoms with Crippen LogP contribution in [0.15, 0.2) is 51.2 Å². The van der Waals surface area contributed by atoms with Crippen LogP contribution in [0.2, 0.25) is 0 Å². The van der Waals surface area contributed by atoms with Crippen molar-refractivity contribution in [3.63, 3.8) is 0 Å². The summed E-state index contributed by atoms with van der Waals surface area (Å²) < 4.78 is 6.31. The highest BCUT2D eigenvalue weighted by Crippen LogP contribution is 2.24. The number of hydrogen-bond donors (Lipinski definition) is 1. The van der Waals surface area contributed by atoms with Gasteiger partial charge in [-0.1, -0.05) is 18.2 Å². The lowest BCUT2D eigenvalue weighted by Gasteiger charge is -2.12. The molecule has 25 heavy (non-hydrogen) atoms. The van der Waals surface area contributed by atoms with Crippen molar-refractivity contribution >= 4 is 23.1 Å². The van der Waals surface area contributed by atoms with Crippen molar-refractivity contribution in [2.24, 2.45) is 4.99 Å². The van der Waals surface area contributed by atoms with Crippen molar-refractivity contribution in [2.45, 2.75) is 6.92 Å². The van der Waals surface area contributed by atoms with Crippen molar-refractivity contribution in [2.75, 3.05) is 6.61 Å². The van der Waals surface area contributed by atoms with E-state index in [-0.39, 0.29) is 22.3 Å². The SMILES string of the molecule is CCO/C=N/c1c2c(=O)[nH]cnc2c(C#N)c(=O)n1-c1ccccc1. The summed E-state index contributed by atoms with van der Waals surface area (Å²) in [4.78, 5) is 35.8. The summed E-state index contributed by atoms with van der Waals surface area (Å²) >= 11 is 0. The summed E-state index contributed by atoms with van der Waals surface area (Å²) in [5.74, 6) is 0.0491. The van der Waals surface area contributed by atoms with Crippen molar-refractivity contribution in [3.05, 3.63) is 62.9 Å². The number of aromatic amines is 1. The van der Waals surface area contributed by atoms with Gasteiger partial charge in [0.25, 0.3) is 11.1 Å². The highest BCUT2D eigenvalue weighted by atomic mass is 16.5. The van der Waals surface area contributed by atoms with Gasteiger partial charge in [0.15, 0.2) is 12.2 Å². The maximum absolute atomic E-state index is 12.9. The Kier molecular flexibility index (Phi) is 4.39. The van der Waals surface area contributed by atoms with Crippen LogP contribution >= 0.6 is 0 Å². The van der Waals surface area contributed by atoms with Gasteiger partial charge in [0.1, 0.15) is 22.5 Å². The average molecular weight is 335 g/mol. The Morgan fingerprint density at radius 2 is 2.12 bits per heavy atom. The van der Waals surface area contributed by atoms with Crippen LogP contribution in [0.5, 0.6) is 0 Å². The number of pyridine rings is 1. The summed E-state index contributed by atoms with van der Waals surface area (Å²) in [5, 5.41) is 9.45. The first-order valence-electron chi connectivity index (χ1n) is 7.45. The molecule has 8 heteroatoms. The zero-order chi connectivity index (χ0) is 17.8. The minimum Gasteiger partial charge on any atom is -0.483 e. The van der Waals surface area contributed by atoms with E-state index in [0.29, 0.717) is 12.3 Å². The summed E-state index contributed by atoms with van der Waals surface area (Å²) in [7, 11) is 0. The van der Waals surface area contributed by atoms with Gasteiger partial charge in [0.2, 0.25) is 0 Å². The smallest absolute Gasteiger partial charge is 0.276 e. The van der Waals surface area contributed by atoms with E-state index in [0.717, 1.165) is 12.7 Å². The summed E-state index contributed by atoms with van der Waals surface area (Å²) in [6.07, 6.45) is 2.31. The second-order valence-corrected chi connectivity index (χ2v) is 4.93. The quantitative estimate of drug-likeness (QED) is 0.575. The number of nitriles is 1. The van der Waals surface area contributed by atoms with Crippen LogP contribution in [0.4, 0.5) is 5.82 Å². The first kappa shape index (κ1) is 16.1. The Labute approximate surface area is 141 Å². The van der Waals surface area contributed by atoms with E-state index in [1.54, 1.807) is 37.3 Å². The van der Waals surface area contributed by atoms with Crippen LogP contribution in [-0.2, 0) is 4.74 Å². The fourth-order valence-corrected chi connectivity index (χ4v) is 2.42. The molecule has 0 radical (unpaired) electrons. The van der Waals surface area contributed by atoms with Crippen LogP contribution in [0.25, 0.3) is 16.6 Å². The predicted molar refractivity (Wildman–Crippen MR) is 92.5 cm³/mol. The first-order valence-corrected chi connectivity index (χ1v) is 7.45. The molecule has 1 aromatic carbocycles. The number of benzene rings is 1. The molecule has 0 saturated carbocycles. The molecule has 0 atom stereocenters. The van der Waals surface area contributed by atoms with Gasteiger partial charge in [0, 0.05) is 0 Å². The largest absolute Gasteiger partial charge is 0.483 e. The van der Waals surface area contributed by atoms with Crippen LogP contribution in [0.1, 0.15) is 12.5 Å². The third-order valence-corrected chi connectivity index (χ3v) is 3.48. The zero-order valence-electron chi connectivity index (χ0n) is 13.3. The van der Waals surface area contributed by atoms with Crippen molar-refractivity contribution < 1.29 is 4.74 Å². The van der Waals surface area contributed by atoms with E-state index in [4.69, 9.17) is 4.74 Å². The molecular weight excluding hydrogens is 322 g/mol. The van der Waals surface area contributed by atoms with Gasteiger partial charge in [-0.15, -0.1) is 0 Å². The van der Waals surface area contributed by atoms with Gasteiger partial charge in [-0.25, -0.2) is 9.98 Å². The molecule has 124 valence electrons. The number of nitrogens with one attached hydrogen (secondary N) is 1. The van der Waals surface area contributed by atoms with Gasteiger partial charge >= 0.3 is 0 Å². The van der Waals surface area contributed by atoms with E-state index < -0.39 is 11.1 Å². The van der Waals surface area contributed by atoms with Crippen LogP contribution in [0.3, 0.4) is 0 Å². The fourth-order valence-electron chi connectivity index (χ4n) is 2.42. The topological polar surface area (TPSA) is 113 Å². The maximum Gasteiger partial charge on any atom is 0.276 e. The molecule has 0 aliphatic heterocycles. The number of nitrogens with zero attached hydrogens (tertiary/aromatic N) is 4. The van der Waals surface area contributed by atoms with Crippen molar-refractivity contribution in [1.29, 1.82) is 5.26 Å². The van der Waals surface area contributed by atoms with E-state index in [9.17, 15) is 14.9 Å². The Morgan fingerprint density at radius 1 is 1.36 bits per heavy atom. The monoisotopic (exact) mass is 335 g/mol. The van der Waals surface area contributed by atoms with E-state index >= 15 is 0 Å². The number of H-pyrrole nitrogens is 1. The van der Waals surface area contributed by atoms with Crippen molar-refractivity contribution in [1.82, 2.24) is 14.5 Å². The van der Waals surface area contributed by atoms with Crippen LogP contribution in [0, 0.1) is 11.3 Å². The number of para-hydroxylation sites is 1. The molecule has 3 aromatic rings. The molecule has 1 N–H and O–H groups in total. The average Bonchev–Trinajstić information content (AvgIpc) is 2.63. The summed E-state index contributed by atoms with van der Waals surface area (Å²) in [6, 6.07) is 10.5. The minimum absolute atomic E-state index is 0.00656.